The zero-order valence-corrected chi connectivity index (χ0v) is 14.6. The lowest BCUT2D eigenvalue weighted by atomic mass is 10.2. The molecule has 0 radical (unpaired) electrons. The minimum Gasteiger partial charge on any atom is -0.478 e. The number of para-hydroxylation sites is 1. The molecule has 1 aromatic carbocycles. The number of hydrogen-bond acceptors (Lipinski definition) is 5. The van der Waals surface area contributed by atoms with Gasteiger partial charge in [0.2, 0.25) is 0 Å². The number of carbonyl (C=O) groups is 1. The first-order chi connectivity index (χ1) is 11.3. The van der Waals surface area contributed by atoms with Gasteiger partial charge in [-0.1, -0.05) is 18.2 Å². The van der Waals surface area contributed by atoms with E-state index in [0.717, 1.165) is 10.6 Å². The molecule has 0 atom stereocenters. The number of carboxylic acids is 1. The number of aromatic carboxylic acids is 1. The third kappa shape index (κ3) is 5.95. The number of hydrogen-bond donors (Lipinski definition) is 2. The van der Waals surface area contributed by atoms with Gasteiger partial charge in [-0.25, -0.2) is 4.79 Å². The third-order valence-electron chi connectivity index (χ3n) is 3.45. The Kier molecular flexibility index (Phi) is 6.36. The van der Waals surface area contributed by atoms with Gasteiger partial charge < -0.3 is 10.0 Å². The summed E-state index contributed by atoms with van der Waals surface area (Å²) in [6.07, 6.45) is 0.971. The minimum absolute atomic E-state index is 0.252. The standard InChI is InChI=1S/C16H19NO5S2/c18-16(19)13-10-15(23-12-13)11-17(14-6-2-1-3-7-14)8-4-5-9-24(20,21)22/h1-3,6-7,10,12H,4-5,8-9,11H2,(H,18,19)(H,20,21,22). The van der Waals surface area contributed by atoms with E-state index in [1.807, 2.05) is 30.3 Å². The van der Waals surface area contributed by atoms with Crippen LogP contribution in [-0.4, -0.2) is 36.3 Å². The lowest BCUT2D eigenvalue weighted by Gasteiger charge is -2.24. The lowest BCUT2D eigenvalue weighted by Crippen LogP contribution is -2.24. The predicted octanol–water partition coefficient (Wildman–Crippen LogP) is 3.12. The van der Waals surface area contributed by atoms with Crippen LogP contribution in [0.1, 0.15) is 28.1 Å². The van der Waals surface area contributed by atoms with Gasteiger partial charge in [-0.2, -0.15) is 8.42 Å². The Labute approximate surface area is 145 Å². The van der Waals surface area contributed by atoms with Crippen LogP contribution in [-0.2, 0) is 16.7 Å². The molecule has 0 fully saturated rings. The number of thiophene rings is 1. The van der Waals surface area contributed by atoms with Crippen molar-refractivity contribution in [3.63, 3.8) is 0 Å². The number of carboxylic acid groups (broad SMARTS) is 1. The largest absolute Gasteiger partial charge is 0.478 e. The summed E-state index contributed by atoms with van der Waals surface area (Å²) in [7, 11) is -3.93. The molecule has 2 aromatic rings. The smallest absolute Gasteiger partial charge is 0.336 e. The van der Waals surface area contributed by atoms with Gasteiger partial charge in [0.05, 0.1) is 17.9 Å². The van der Waals surface area contributed by atoms with Crippen LogP contribution in [0.4, 0.5) is 5.69 Å². The lowest BCUT2D eigenvalue weighted by molar-refractivity contribution is 0.0697. The van der Waals surface area contributed by atoms with Crippen molar-refractivity contribution in [1.29, 1.82) is 0 Å². The molecule has 6 nitrogen and oxygen atoms in total. The van der Waals surface area contributed by atoms with Gasteiger partial charge in [0.1, 0.15) is 0 Å². The van der Waals surface area contributed by atoms with Crippen LogP contribution >= 0.6 is 11.3 Å². The number of nitrogens with zero attached hydrogens (tertiary/aromatic N) is 1. The van der Waals surface area contributed by atoms with E-state index in [1.54, 1.807) is 11.4 Å². The Morgan fingerprint density at radius 2 is 1.88 bits per heavy atom. The molecule has 0 spiro atoms. The van der Waals surface area contributed by atoms with Crippen LogP contribution in [0.2, 0.25) is 0 Å². The second-order valence-electron chi connectivity index (χ2n) is 5.36. The molecule has 0 unspecified atom stereocenters. The molecule has 1 aromatic heterocycles. The SMILES string of the molecule is O=C(O)c1csc(CN(CCCCS(=O)(=O)O)c2ccccc2)c1. The first-order valence-corrected chi connectivity index (χ1v) is 9.90. The van der Waals surface area contributed by atoms with Crippen molar-refractivity contribution in [1.82, 2.24) is 0 Å². The van der Waals surface area contributed by atoms with E-state index in [4.69, 9.17) is 9.66 Å². The van der Waals surface area contributed by atoms with Gasteiger partial charge in [-0.15, -0.1) is 11.3 Å². The molecule has 0 aliphatic carbocycles. The molecular formula is C16H19NO5S2. The normalized spacial score (nSPS) is 11.4. The Bertz CT molecular complexity index is 771. The maximum absolute atomic E-state index is 11.0. The van der Waals surface area contributed by atoms with Crippen LogP contribution < -0.4 is 4.90 Å². The molecule has 0 saturated carbocycles. The molecule has 2 N–H and O–H groups in total. The molecule has 1 heterocycles. The topological polar surface area (TPSA) is 94.9 Å². The van der Waals surface area contributed by atoms with Crippen molar-refractivity contribution < 1.29 is 22.9 Å². The molecule has 0 aliphatic rings. The number of unbranched alkanes of at least 4 members (excludes halogenated alkanes) is 1. The summed E-state index contributed by atoms with van der Waals surface area (Å²) >= 11 is 1.39. The maximum atomic E-state index is 11.0. The van der Waals surface area contributed by atoms with Crippen molar-refractivity contribution in [3.05, 3.63) is 52.2 Å². The molecule has 130 valence electrons. The van der Waals surface area contributed by atoms with Crippen molar-refractivity contribution in [2.24, 2.45) is 0 Å². The van der Waals surface area contributed by atoms with Crippen LogP contribution in [0.5, 0.6) is 0 Å². The third-order valence-corrected chi connectivity index (χ3v) is 5.18. The van der Waals surface area contributed by atoms with Gasteiger partial charge in [0.25, 0.3) is 10.1 Å². The Morgan fingerprint density at radius 1 is 1.17 bits per heavy atom. The molecule has 0 bridgehead atoms. The highest BCUT2D eigenvalue weighted by atomic mass is 32.2. The van der Waals surface area contributed by atoms with Crippen molar-refractivity contribution in [2.45, 2.75) is 19.4 Å². The van der Waals surface area contributed by atoms with Crippen LogP contribution in [0.15, 0.2) is 41.8 Å². The highest BCUT2D eigenvalue weighted by Crippen LogP contribution is 2.22. The average molecular weight is 369 g/mol. The first-order valence-electron chi connectivity index (χ1n) is 7.41. The zero-order chi connectivity index (χ0) is 17.6. The van der Waals surface area contributed by atoms with Crippen molar-refractivity contribution in [2.75, 3.05) is 17.2 Å². The molecule has 0 saturated heterocycles. The van der Waals surface area contributed by atoms with Gasteiger partial charge in [0, 0.05) is 22.5 Å². The average Bonchev–Trinajstić information content (AvgIpc) is 2.99. The first kappa shape index (κ1) is 18.4. The fourth-order valence-corrected chi connectivity index (χ4v) is 3.73. The maximum Gasteiger partial charge on any atom is 0.336 e. The molecule has 2 rings (SSSR count). The zero-order valence-electron chi connectivity index (χ0n) is 13.0. The molecule has 24 heavy (non-hydrogen) atoms. The van der Waals surface area contributed by atoms with E-state index in [-0.39, 0.29) is 11.3 Å². The second kappa shape index (κ2) is 8.27. The van der Waals surface area contributed by atoms with Gasteiger partial charge >= 0.3 is 5.97 Å². The van der Waals surface area contributed by atoms with Gasteiger partial charge in [-0.05, 0) is 31.0 Å². The van der Waals surface area contributed by atoms with Crippen LogP contribution in [0, 0.1) is 0 Å². The highest BCUT2D eigenvalue weighted by Gasteiger charge is 2.12. The van der Waals surface area contributed by atoms with E-state index in [1.165, 1.54) is 11.3 Å². The number of anilines is 1. The summed E-state index contributed by atoms with van der Waals surface area (Å²) in [6.45, 7) is 1.16. The summed E-state index contributed by atoms with van der Waals surface area (Å²) in [5.41, 5.74) is 1.25. The monoisotopic (exact) mass is 369 g/mol. The summed E-state index contributed by atoms with van der Waals surface area (Å²) < 4.78 is 30.4. The molecule has 0 aliphatic heterocycles. The van der Waals surface area contributed by atoms with E-state index in [2.05, 4.69) is 4.90 Å². The molecule has 8 heteroatoms. The summed E-state index contributed by atoms with van der Waals surface area (Å²) in [4.78, 5) is 14.0. The van der Waals surface area contributed by atoms with Gasteiger partial charge in [0.15, 0.2) is 0 Å². The fraction of sp³-hybridized carbons (Fsp3) is 0.312. The fourth-order valence-electron chi connectivity index (χ4n) is 2.29. The van der Waals surface area contributed by atoms with Crippen LogP contribution in [0.25, 0.3) is 0 Å². The Balaban J connectivity index is 2.04. The highest BCUT2D eigenvalue weighted by molar-refractivity contribution is 7.85. The van der Waals surface area contributed by atoms with Crippen molar-refractivity contribution >= 4 is 33.1 Å². The van der Waals surface area contributed by atoms with E-state index in [9.17, 15) is 13.2 Å². The van der Waals surface area contributed by atoms with Crippen LogP contribution in [0.3, 0.4) is 0 Å². The Morgan fingerprint density at radius 3 is 2.46 bits per heavy atom. The number of benzene rings is 1. The van der Waals surface area contributed by atoms with E-state index >= 15 is 0 Å². The minimum atomic E-state index is -3.93. The summed E-state index contributed by atoms with van der Waals surface area (Å²) in [6, 6.07) is 11.3. The molecular weight excluding hydrogens is 350 g/mol. The van der Waals surface area contributed by atoms with E-state index in [0.29, 0.717) is 25.9 Å². The van der Waals surface area contributed by atoms with Crippen molar-refractivity contribution in [3.8, 4) is 0 Å². The Hall–Kier alpha value is -1.90. The van der Waals surface area contributed by atoms with E-state index < -0.39 is 16.1 Å². The van der Waals surface area contributed by atoms with Gasteiger partial charge in [-0.3, -0.25) is 4.55 Å². The predicted molar refractivity (Wildman–Crippen MR) is 94.4 cm³/mol. The summed E-state index contributed by atoms with van der Waals surface area (Å²) in [5, 5.41) is 10.6. The second-order valence-corrected chi connectivity index (χ2v) is 7.92. The number of rotatable bonds is 9. The quantitative estimate of drug-likeness (QED) is 0.521. The summed E-state index contributed by atoms with van der Waals surface area (Å²) in [5.74, 6) is -1.20. The molecule has 0 amide bonds.